The van der Waals surface area contributed by atoms with Crippen molar-refractivity contribution in [3.8, 4) is 0 Å². The van der Waals surface area contributed by atoms with Gasteiger partial charge in [0.1, 0.15) is 0 Å². The van der Waals surface area contributed by atoms with E-state index >= 15 is 0 Å². The van der Waals surface area contributed by atoms with Crippen LogP contribution in [0.5, 0.6) is 0 Å². The van der Waals surface area contributed by atoms with Crippen molar-refractivity contribution in [2.75, 3.05) is 0 Å². The second-order valence-electron chi connectivity index (χ2n) is 3.49. The number of carbonyl (C=O) groups is 1. The molecule has 2 nitrogen and oxygen atoms in total. The van der Waals surface area contributed by atoms with Gasteiger partial charge in [0.15, 0.2) is 0 Å². The lowest BCUT2D eigenvalue weighted by molar-refractivity contribution is 0.108. The third-order valence-corrected chi connectivity index (χ3v) is 3.26. The lowest BCUT2D eigenvalue weighted by Crippen LogP contribution is -1.92. The molecule has 92 valence electrons. The van der Waals surface area contributed by atoms with Crippen LogP contribution in [0.2, 0.25) is 10.0 Å². The Morgan fingerprint density at radius 3 is 2.56 bits per heavy atom. The van der Waals surface area contributed by atoms with Crippen LogP contribution in [0.1, 0.15) is 21.5 Å². The fraction of sp³-hybridized carbons (Fsp3) is 0. The first kappa shape index (κ1) is 13.2. The minimum atomic E-state index is -0.616. The maximum absolute atomic E-state index is 11.2. The fourth-order valence-electron chi connectivity index (χ4n) is 1.42. The van der Waals surface area contributed by atoms with Crippen LogP contribution in [0, 0.1) is 0 Å². The maximum Gasteiger partial charge on any atom is 0.253 e. The number of hydrogen-bond donors (Lipinski definition) is 0. The molecule has 0 spiro atoms. The summed E-state index contributed by atoms with van der Waals surface area (Å²) in [5.74, 6) is 0. The van der Waals surface area contributed by atoms with E-state index in [0.29, 0.717) is 10.6 Å². The second-order valence-corrected chi connectivity index (χ2v) is 4.61. The van der Waals surface area contributed by atoms with Crippen LogP contribution in [-0.4, -0.2) is 5.24 Å². The van der Waals surface area contributed by atoms with Gasteiger partial charge in [-0.25, -0.2) is 0 Å². The third-order valence-electron chi connectivity index (χ3n) is 2.32. The minimum absolute atomic E-state index is 0.231. The zero-order chi connectivity index (χ0) is 13.1. The van der Waals surface area contributed by atoms with Crippen LogP contribution >= 0.6 is 34.8 Å². The molecule has 0 aliphatic rings. The Balaban J connectivity index is 2.44. The molecule has 0 saturated carbocycles. The third kappa shape index (κ3) is 2.78. The van der Waals surface area contributed by atoms with Gasteiger partial charge in [0.2, 0.25) is 0 Å². The number of rotatable bonds is 3. The van der Waals surface area contributed by atoms with Crippen molar-refractivity contribution in [2.45, 2.75) is 0 Å². The first-order valence-electron chi connectivity index (χ1n) is 4.97. The molecule has 0 amide bonds. The van der Waals surface area contributed by atoms with Gasteiger partial charge in [-0.2, -0.15) is 0 Å². The zero-order valence-corrected chi connectivity index (χ0v) is 11.3. The van der Waals surface area contributed by atoms with E-state index in [2.05, 4.69) is 0 Å². The van der Waals surface area contributed by atoms with Crippen LogP contribution in [0.4, 0.5) is 0 Å². The van der Waals surface area contributed by atoms with E-state index in [1.165, 1.54) is 6.07 Å². The summed E-state index contributed by atoms with van der Waals surface area (Å²) in [5.41, 5.74) is 1.64. The molecule has 0 radical (unpaired) electrons. The van der Waals surface area contributed by atoms with Gasteiger partial charge in [0.05, 0.1) is 23.1 Å². The van der Waals surface area contributed by atoms with Gasteiger partial charge in [0.25, 0.3) is 5.24 Å². The molecular weight excluding hydrogens is 294 g/mol. The SMILES string of the molecule is O=C(Cl)c1ccc(Cl)c(/C=C/c2ccoc2)c1Cl. The highest BCUT2D eigenvalue weighted by Gasteiger charge is 2.12. The molecule has 1 aromatic carbocycles. The van der Waals surface area contributed by atoms with E-state index in [1.807, 2.05) is 0 Å². The Labute approximate surface area is 119 Å². The molecule has 0 aliphatic heterocycles. The molecule has 5 heteroatoms. The largest absolute Gasteiger partial charge is 0.472 e. The molecular formula is C13H7Cl3O2. The predicted molar refractivity (Wildman–Crippen MR) is 74.3 cm³/mol. The number of benzene rings is 1. The lowest BCUT2D eigenvalue weighted by Gasteiger charge is -2.05. The van der Waals surface area contributed by atoms with Crippen molar-refractivity contribution in [3.63, 3.8) is 0 Å². The quantitative estimate of drug-likeness (QED) is 0.735. The van der Waals surface area contributed by atoms with Gasteiger partial charge in [0, 0.05) is 16.1 Å². The molecule has 0 fully saturated rings. The number of halogens is 3. The topological polar surface area (TPSA) is 30.2 Å². The summed E-state index contributed by atoms with van der Waals surface area (Å²) >= 11 is 17.5. The molecule has 1 aromatic heterocycles. The lowest BCUT2D eigenvalue weighted by atomic mass is 10.1. The Kier molecular flexibility index (Phi) is 4.12. The molecule has 0 unspecified atom stereocenters. The smallest absolute Gasteiger partial charge is 0.253 e. The monoisotopic (exact) mass is 300 g/mol. The summed E-state index contributed by atoms with van der Waals surface area (Å²) in [7, 11) is 0. The summed E-state index contributed by atoms with van der Waals surface area (Å²) < 4.78 is 4.93. The van der Waals surface area contributed by atoms with Crippen molar-refractivity contribution in [2.24, 2.45) is 0 Å². The normalized spacial score (nSPS) is 11.1. The highest BCUT2D eigenvalue weighted by molar-refractivity contribution is 6.69. The van der Waals surface area contributed by atoms with Gasteiger partial charge < -0.3 is 4.42 Å². The summed E-state index contributed by atoms with van der Waals surface area (Å²) in [6.45, 7) is 0. The highest BCUT2D eigenvalue weighted by atomic mass is 35.5. The Morgan fingerprint density at radius 1 is 1.17 bits per heavy atom. The minimum Gasteiger partial charge on any atom is -0.472 e. The van der Waals surface area contributed by atoms with E-state index in [-0.39, 0.29) is 10.6 Å². The van der Waals surface area contributed by atoms with Gasteiger partial charge in [-0.05, 0) is 29.8 Å². The standard InChI is InChI=1S/C13H7Cl3O2/c14-11-4-3-10(13(16)17)12(15)9(11)2-1-8-5-6-18-7-8/h1-7H/b2-1+. The summed E-state index contributed by atoms with van der Waals surface area (Å²) in [4.78, 5) is 11.2. The average molecular weight is 302 g/mol. The number of furan rings is 1. The molecule has 1 heterocycles. The molecule has 0 bridgehead atoms. The molecule has 0 N–H and O–H groups in total. The van der Waals surface area contributed by atoms with Gasteiger partial charge in [-0.3, -0.25) is 4.79 Å². The zero-order valence-electron chi connectivity index (χ0n) is 8.99. The van der Waals surface area contributed by atoms with E-state index in [1.54, 1.807) is 36.8 Å². The van der Waals surface area contributed by atoms with E-state index in [4.69, 9.17) is 39.2 Å². The maximum atomic E-state index is 11.2. The van der Waals surface area contributed by atoms with Crippen LogP contribution in [-0.2, 0) is 0 Å². The molecule has 2 rings (SSSR count). The first-order chi connectivity index (χ1) is 8.59. The Hall–Kier alpha value is -1.22. The van der Waals surface area contributed by atoms with Crippen molar-refractivity contribution in [1.82, 2.24) is 0 Å². The average Bonchev–Trinajstić information content (AvgIpc) is 2.81. The van der Waals surface area contributed by atoms with E-state index in [0.717, 1.165) is 5.56 Å². The summed E-state index contributed by atoms with van der Waals surface area (Å²) in [6.07, 6.45) is 6.62. The van der Waals surface area contributed by atoms with Crippen LogP contribution in [0.3, 0.4) is 0 Å². The predicted octanol–water partition coefficient (Wildman–Crippen LogP) is 5.14. The van der Waals surface area contributed by atoms with Gasteiger partial charge >= 0.3 is 0 Å². The number of carbonyl (C=O) groups excluding carboxylic acids is 1. The van der Waals surface area contributed by atoms with Gasteiger partial charge in [-0.15, -0.1) is 0 Å². The fourth-order valence-corrected chi connectivity index (χ4v) is 2.21. The Bertz CT molecular complexity index is 601. The molecule has 0 atom stereocenters. The van der Waals surface area contributed by atoms with E-state index in [9.17, 15) is 4.79 Å². The molecule has 0 aliphatic carbocycles. The van der Waals surface area contributed by atoms with Gasteiger partial charge in [-0.1, -0.05) is 35.4 Å². The molecule has 18 heavy (non-hydrogen) atoms. The summed E-state index contributed by atoms with van der Waals surface area (Å²) in [6, 6.07) is 4.86. The van der Waals surface area contributed by atoms with Crippen molar-refractivity contribution in [3.05, 3.63) is 57.5 Å². The summed E-state index contributed by atoms with van der Waals surface area (Å²) in [5, 5.41) is 0.0679. The van der Waals surface area contributed by atoms with Crippen LogP contribution < -0.4 is 0 Å². The van der Waals surface area contributed by atoms with E-state index < -0.39 is 5.24 Å². The van der Waals surface area contributed by atoms with Crippen molar-refractivity contribution < 1.29 is 9.21 Å². The highest BCUT2D eigenvalue weighted by Crippen LogP contribution is 2.30. The number of hydrogen-bond acceptors (Lipinski definition) is 2. The second kappa shape index (κ2) is 5.61. The molecule has 0 saturated heterocycles. The van der Waals surface area contributed by atoms with Crippen LogP contribution in [0.15, 0.2) is 35.1 Å². The first-order valence-corrected chi connectivity index (χ1v) is 6.11. The molecule has 2 aromatic rings. The van der Waals surface area contributed by atoms with Crippen molar-refractivity contribution >= 4 is 52.2 Å². The van der Waals surface area contributed by atoms with Crippen LogP contribution in [0.25, 0.3) is 12.2 Å². The van der Waals surface area contributed by atoms with Crippen molar-refractivity contribution in [1.29, 1.82) is 0 Å². The Morgan fingerprint density at radius 2 is 1.94 bits per heavy atom.